The SMILES string of the molecule is Cc1ccc(C2=N[C@@H](O)C[C@@H](C)[Se]2)cc1. The van der Waals surface area contributed by atoms with E-state index in [1.165, 1.54) is 11.1 Å². The van der Waals surface area contributed by atoms with Gasteiger partial charge in [0.2, 0.25) is 0 Å². The third-order valence-electron chi connectivity index (χ3n) is 2.42. The van der Waals surface area contributed by atoms with Crippen LogP contribution in [0.3, 0.4) is 0 Å². The molecule has 0 fully saturated rings. The van der Waals surface area contributed by atoms with E-state index in [9.17, 15) is 5.11 Å². The number of aliphatic hydroxyl groups excluding tert-OH is 1. The van der Waals surface area contributed by atoms with Crippen molar-refractivity contribution in [2.45, 2.75) is 31.3 Å². The fourth-order valence-corrected chi connectivity index (χ4v) is 3.91. The van der Waals surface area contributed by atoms with Crippen molar-refractivity contribution >= 4 is 19.6 Å². The third kappa shape index (κ3) is 2.69. The van der Waals surface area contributed by atoms with E-state index < -0.39 is 6.23 Å². The van der Waals surface area contributed by atoms with Crippen molar-refractivity contribution in [3.8, 4) is 0 Å². The van der Waals surface area contributed by atoms with Crippen molar-refractivity contribution in [3.05, 3.63) is 35.4 Å². The van der Waals surface area contributed by atoms with Crippen molar-refractivity contribution in [2.75, 3.05) is 0 Å². The van der Waals surface area contributed by atoms with Gasteiger partial charge in [-0.05, 0) is 0 Å². The molecule has 2 nitrogen and oxygen atoms in total. The second-order valence-electron chi connectivity index (χ2n) is 3.95. The van der Waals surface area contributed by atoms with Gasteiger partial charge >= 0.3 is 96.4 Å². The number of nitrogens with zero attached hydrogens (tertiary/aromatic N) is 1. The summed E-state index contributed by atoms with van der Waals surface area (Å²) in [5.74, 6) is 0. The Morgan fingerprint density at radius 1 is 1.33 bits per heavy atom. The molecule has 0 amide bonds. The van der Waals surface area contributed by atoms with Gasteiger partial charge in [0.1, 0.15) is 0 Å². The molecule has 1 aliphatic rings. The van der Waals surface area contributed by atoms with Crippen molar-refractivity contribution in [1.29, 1.82) is 0 Å². The Balaban J connectivity index is 2.26. The summed E-state index contributed by atoms with van der Waals surface area (Å²) in [6.45, 7) is 4.27. The van der Waals surface area contributed by atoms with E-state index in [-0.39, 0.29) is 0 Å². The van der Waals surface area contributed by atoms with Gasteiger partial charge in [-0.3, -0.25) is 0 Å². The molecule has 80 valence electrons. The van der Waals surface area contributed by atoms with E-state index >= 15 is 0 Å². The topological polar surface area (TPSA) is 32.6 Å². The molecule has 3 heteroatoms. The van der Waals surface area contributed by atoms with Crippen molar-refractivity contribution < 1.29 is 5.11 Å². The van der Waals surface area contributed by atoms with Crippen LogP contribution < -0.4 is 0 Å². The molecule has 0 unspecified atom stereocenters. The number of aliphatic imine (C=N–C) groups is 1. The number of aryl methyl sites for hydroxylation is 1. The Labute approximate surface area is 96.6 Å². The first-order valence-electron chi connectivity index (χ1n) is 5.15. The van der Waals surface area contributed by atoms with Gasteiger partial charge in [0.05, 0.1) is 0 Å². The fraction of sp³-hybridized carbons (Fsp3) is 0.417. The minimum absolute atomic E-state index is 0.397. The molecular formula is C12H15NOSe. The maximum absolute atomic E-state index is 9.59. The van der Waals surface area contributed by atoms with Crippen LogP contribution in [0.2, 0.25) is 4.82 Å². The molecule has 15 heavy (non-hydrogen) atoms. The van der Waals surface area contributed by atoms with Gasteiger partial charge in [0.15, 0.2) is 0 Å². The summed E-state index contributed by atoms with van der Waals surface area (Å²) in [5.41, 5.74) is 2.43. The van der Waals surface area contributed by atoms with E-state index in [1.807, 2.05) is 0 Å². The van der Waals surface area contributed by atoms with E-state index in [4.69, 9.17) is 0 Å². The monoisotopic (exact) mass is 269 g/mol. The molecule has 1 aromatic rings. The van der Waals surface area contributed by atoms with Crippen LogP contribution in [0, 0.1) is 6.92 Å². The van der Waals surface area contributed by atoms with E-state index in [0.717, 1.165) is 11.0 Å². The zero-order chi connectivity index (χ0) is 10.8. The van der Waals surface area contributed by atoms with Crippen molar-refractivity contribution in [1.82, 2.24) is 0 Å². The van der Waals surface area contributed by atoms with Crippen LogP contribution in [-0.2, 0) is 0 Å². The van der Waals surface area contributed by atoms with Crippen molar-refractivity contribution in [3.63, 3.8) is 0 Å². The Bertz CT molecular complexity index is 372. The number of hydrogen-bond donors (Lipinski definition) is 1. The van der Waals surface area contributed by atoms with Crippen LogP contribution in [0.1, 0.15) is 24.5 Å². The molecule has 0 spiro atoms. The van der Waals surface area contributed by atoms with E-state index in [0.29, 0.717) is 19.8 Å². The minimum atomic E-state index is -0.494. The molecular weight excluding hydrogens is 253 g/mol. The second-order valence-corrected chi connectivity index (χ2v) is 6.94. The molecule has 0 aliphatic carbocycles. The van der Waals surface area contributed by atoms with Gasteiger partial charge < -0.3 is 0 Å². The summed E-state index contributed by atoms with van der Waals surface area (Å²) in [6.07, 6.45) is 0.321. The quantitative estimate of drug-likeness (QED) is 0.776. The molecule has 1 aromatic carbocycles. The summed E-state index contributed by atoms with van der Waals surface area (Å²) in [7, 11) is 0. The summed E-state index contributed by atoms with van der Waals surface area (Å²) >= 11 is 0.397. The molecule has 1 heterocycles. The van der Waals surface area contributed by atoms with E-state index in [2.05, 4.69) is 43.1 Å². The van der Waals surface area contributed by atoms with Gasteiger partial charge in [-0.2, -0.15) is 0 Å². The number of hydrogen-bond acceptors (Lipinski definition) is 2. The fourth-order valence-electron chi connectivity index (χ4n) is 1.59. The van der Waals surface area contributed by atoms with Gasteiger partial charge in [-0.1, -0.05) is 0 Å². The standard InChI is InChI=1S/C12H15NOSe/c1-8-3-5-10(6-4-8)12-13-11(14)7-9(2)15-12/h3-6,9,11,14H,7H2,1-2H3/t9-,11+/m1/s1. The Kier molecular flexibility index (Phi) is 3.25. The molecule has 0 bridgehead atoms. The first-order chi connectivity index (χ1) is 7.15. The zero-order valence-corrected chi connectivity index (χ0v) is 10.7. The van der Waals surface area contributed by atoms with Crippen LogP contribution in [0.15, 0.2) is 29.3 Å². The molecule has 2 atom stereocenters. The van der Waals surface area contributed by atoms with E-state index in [1.54, 1.807) is 0 Å². The molecule has 1 N–H and O–H groups in total. The summed E-state index contributed by atoms with van der Waals surface area (Å²) in [5, 5.41) is 9.59. The van der Waals surface area contributed by atoms with Gasteiger partial charge in [-0.15, -0.1) is 0 Å². The average Bonchev–Trinajstić information content (AvgIpc) is 2.17. The van der Waals surface area contributed by atoms with Crippen LogP contribution in [-0.4, -0.2) is 30.9 Å². The normalized spacial score (nSPS) is 26.2. The van der Waals surface area contributed by atoms with Gasteiger partial charge in [0.25, 0.3) is 0 Å². The van der Waals surface area contributed by atoms with Crippen LogP contribution in [0.25, 0.3) is 0 Å². The predicted molar refractivity (Wildman–Crippen MR) is 63.5 cm³/mol. The summed E-state index contributed by atoms with van der Waals surface area (Å²) in [4.78, 5) is 4.92. The molecule has 2 rings (SSSR count). The van der Waals surface area contributed by atoms with Crippen LogP contribution in [0.5, 0.6) is 0 Å². The van der Waals surface area contributed by atoms with Crippen LogP contribution in [0.4, 0.5) is 0 Å². The molecule has 0 saturated carbocycles. The number of benzene rings is 1. The molecule has 0 aromatic heterocycles. The average molecular weight is 268 g/mol. The third-order valence-corrected chi connectivity index (χ3v) is 4.85. The Hall–Kier alpha value is -0.631. The first-order valence-corrected chi connectivity index (χ1v) is 6.99. The summed E-state index contributed by atoms with van der Waals surface area (Å²) < 4.78 is 1.11. The summed E-state index contributed by atoms with van der Waals surface area (Å²) in [6, 6.07) is 8.39. The maximum atomic E-state index is 9.59. The van der Waals surface area contributed by atoms with Crippen LogP contribution >= 0.6 is 0 Å². The molecule has 1 aliphatic heterocycles. The first kappa shape index (κ1) is 10.9. The second kappa shape index (κ2) is 4.48. The predicted octanol–water partition coefficient (Wildman–Crippen LogP) is 1.98. The Morgan fingerprint density at radius 3 is 2.60 bits per heavy atom. The van der Waals surface area contributed by atoms with Gasteiger partial charge in [0, 0.05) is 0 Å². The number of aliphatic hydroxyl groups is 1. The molecule has 0 radical (unpaired) electrons. The zero-order valence-electron chi connectivity index (χ0n) is 8.97. The van der Waals surface area contributed by atoms with Crippen molar-refractivity contribution in [2.24, 2.45) is 4.99 Å². The number of rotatable bonds is 1. The molecule has 0 saturated heterocycles. The van der Waals surface area contributed by atoms with Gasteiger partial charge in [-0.25, -0.2) is 0 Å². The Morgan fingerprint density at radius 2 is 2.00 bits per heavy atom.